The number of nitrogens with one attached hydrogen (secondary N) is 1. The van der Waals surface area contributed by atoms with Gasteiger partial charge >= 0.3 is 0 Å². The number of ether oxygens (including phenoxy) is 3. The lowest BCUT2D eigenvalue weighted by atomic mass is 10.1. The van der Waals surface area contributed by atoms with Crippen molar-refractivity contribution in [2.75, 3.05) is 38.9 Å². The molecule has 40 heavy (non-hydrogen) atoms. The molecule has 0 saturated carbocycles. The van der Waals surface area contributed by atoms with Crippen molar-refractivity contribution < 1.29 is 23.8 Å². The topological polar surface area (TPSA) is 112 Å². The number of methoxy groups -OCH3 is 3. The lowest BCUT2D eigenvalue weighted by Crippen LogP contribution is -2.34. The molecule has 1 aliphatic heterocycles. The second-order valence-electron chi connectivity index (χ2n) is 9.02. The summed E-state index contributed by atoms with van der Waals surface area (Å²) in [4.78, 5) is 47.1. The summed E-state index contributed by atoms with van der Waals surface area (Å²) >= 11 is 2.59. The molecule has 1 aliphatic rings. The maximum atomic E-state index is 14.0. The van der Waals surface area contributed by atoms with Crippen LogP contribution in [0.25, 0.3) is 15.9 Å². The Morgan fingerprint density at radius 2 is 1.88 bits per heavy atom. The number of aromatic nitrogens is 2. The van der Waals surface area contributed by atoms with Crippen LogP contribution < -0.4 is 25.1 Å². The Bertz CT molecular complexity index is 1660. The van der Waals surface area contributed by atoms with Crippen molar-refractivity contribution >= 4 is 50.8 Å². The molecule has 0 fully saturated rings. The zero-order chi connectivity index (χ0) is 28.4. The summed E-state index contributed by atoms with van der Waals surface area (Å²) in [6.07, 6.45) is 0.587. The molecular formula is C28H28N4O6S2. The van der Waals surface area contributed by atoms with Crippen LogP contribution in [0.3, 0.4) is 0 Å². The number of hydrogen-bond donors (Lipinski definition) is 1. The molecule has 0 saturated heterocycles. The molecule has 0 bridgehead atoms. The molecule has 5 rings (SSSR count). The number of carbonyl (C=O) groups excluding carboxylic acids is 2. The molecule has 10 nitrogen and oxygen atoms in total. The zero-order valence-electron chi connectivity index (χ0n) is 22.5. The molecule has 4 aromatic rings. The van der Waals surface area contributed by atoms with Gasteiger partial charge in [0.1, 0.15) is 10.6 Å². The summed E-state index contributed by atoms with van der Waals surface area (Å²) in [5, 5.41) is 3.80. The molecule has 1 N–H and O–H groups in total. The minimum absolute atomic E-state index is 0.00148. The van der Waals surface area contributed by atoms with Gasteiger partial charge in [0, 0.05) is 36.2 Å². The molecule has 0 atom stereocenters. The van der Waals surface area contributed by atoms with Gasteiger partial charge in [0.2, 0.25) is 11.8 Å². The Hall–Kier alpha value is -4.03. The van der Waals surface area contributed by atoms with Crippen molar-refractivity contribution in [3.8, 4) is 22.9 Å². The van der Waals surface area contributed by atoms with E-state index in [1.807, 2.05) is 6.07 Å². The minimum atomic E-state index is -0.272. The van der Waals surface area contributed by atoms with Crippen molar-refractivity contribution in [2.45, 2.75) is 25.0 Å². The molecule has 0 radical (unpaired) electrons. The normalized spacial score (nSPS) is 12.7. The Kier molecular flexibility index (Phi) is 7.99. The Labute approximate surface area is 238 Å². The largest absolute Gasteiger partial charge is 0.497 e. The third-order valence-electron chi connectivity index (χ3n) is 6.60. The van der Waals surface area contributed by atoms with E-state index in [0.29, 0.717) is 63.5 Å². The van der Waals surface area contributed by atoms with Gasteiger partial charge in [-0.3, -0.25) is 19.0 Å². The molecule has 12 heteroatoms. The molecule has 0 unspecified atom stereocenters. The van der Waals surface area contributed by atoms with Gasteiger partial charge < -0.3 is 24.4 Å². The van der Waals surface area contributed by atoms with Crippen LogP contribution in [0.4, 0.5) is 5.69 Å². The van der Waals surface area contributed by atoms with Gasteiger partial charge in [-0.15, -0.1) is 11.3 Å². The number of carbonyl (C=O) groups is 2. The van der Waals surface area contributed by atoms with E-state index in [-0.39, 0.29) is 23.1 Å². The molecule has 2 aromatic heterocycles. The second kappa shape index (κ2) is 11.6. The van der Waals surface area contributed by atoms with Crippen LogP contribution in [-0.2, 0) is 22.6 Å². The third kappa shape index (κ3) is 5.36. The SMILES string of the molecule is COc1cccc(-n2c(SCC(=O)Nc3ccc(OC)c(OC)c3)nc3sc4c(c3c2=O)CCN(C(C)=O)C4)c1. The van der Waals surface area contributed by atoms with Crippen molar-refractivity contribution in [1.82, 2.24) is 14.5 Å². The summed E-state index contributed by atoms with van der Waals surface area (Å²) in [6, 6.07) is 12.3. The molecule has 3 heterocycles. The number of benzene rings is 2. The number of thioether (sulfide) groups is 1. The summed E-state index contributed by atoms with van der Waals surface area (Å²) in [6.45, 7) is 2.56. The minimum Gasteiger partial charge on any atom is -0.497 e. The van der Waals surface area contributed by atoms with E-state index in [2.05, 4.69) is 5.32 Å². The highest BCUT2D eigenvalue weighted by atomic mass is 32.2. The maximum absolute atomic E-state index is 14.0. The van der Waals surface area contributed by atoms with E-state index in [0.717, 1.165) is 10.4 Å². The summed E-state index contributed by atoms with van der Waals surface area (Å²) in [5.41, 5.74) is 1.87. The lowest BCUT2D eigenvalue weighted by Gasteiger charge is -2.25. The fourth-order valence-corrected chi connectivity index (χ4v) is 6.70. The first kappa shape index (κ1) is 27.5. The molecule has 2 aromatic carbocycles. The van der Waals surface area contributed by atoms with Crippen molar-refractivity contribution in [3.63, 3.8) is 0 Å². The van der Waals surface area contributed by atoms with Crippen LogP contribution in [0.15, 0.2) is 52.4 Å². The summed E-state index contributed by atoms with van der Waals surface area (Å²) in [5.74, 6) is 1.39. The Morgan fingerprint density at radius 1 is 1.07 bits per heavy atom. The van der Waals surface area contributed by atoms with Crippen LogP contribution in [0.5, 0.6) is 17.2 Å². The molecule has 0 spiro atoms. The van der Waals surface area contributed by atoms with Crippen LogP contribution in [-0.4, -0.2) is 59.9 Å². The Balaban J connectivity index is 1.50. The predicted molar refractivity (Wildman–Crippen MR) is 155 cm³/mol. The number of hydrogen-bond acceptors (Lipinski definition) is 9. The van der Waals surface area contributed by atoms with Crippen molar-refractivity contribution in [1.29, 1.82) is 0 Å². The van der Waals surface area contributed by atoms with Gasteiger partial charge in [-0.2, -0.15) is 0 Å². The number of thiophene rings is 1. The quantitative estimate of drug-likeness (QED) is 0.245. The first-order chi connectivity index (χ1) is 19.3. The highest BCUT2D eigenvalue weighted by Gasteiger charge is 2.27. The van der Waals surface area contributed by atoms with Gasteiger partial charge in [0.25, 0.3) is 5.56 Å². The van der Waals surface area contributed by atoms with Gasteiger partial charge in [-0.1, -0.05) is 17.8 Å². The predicted octanol–water partition coefficient (Wildman–Crippen LogP) is 4.11. The van der Waals surface area contributed by atoms with Crippen LogP contribution >= 0.6 is 23.1 Å². The first-order valence-corrected chi connectivity index (χ1v) is 14.2. The average molecular weight is 581 g/mol. The standard InChI is InChI=1S/C28H28N4O6S2/c1-16(33)31-11-10-20-23(14-31)40-26-25(20)27(35)32(18-6-5-7-19(13-18)36-2)28(30-26)39-15-24(34)29-17-8-9-21(37-3)22(12-17)38-4/h5-9,12-13H,10-11,14-15H2,1-4H3,(H,29,34). The van der Waals surface area contributed by atoms with Crippen LogP contribution in [0.1, 0.15) is 17.4 Å². The van der Waals surface area contributed by atoms with Gasteiger partial charge in [-0.05, 0) is 36.2 Å². The summed E-state index contributed by atoms with van der Waals surface area (Å²) in [7, 11) is 4.63. The number of anilines is 1. The fourth-order valence-electron chi connectivity index (χ4n) is 4.61. The Morgan fingerprint density at radius 3 is 2.60 bits per heavy atom. The lowest BCUT2D eigenvalue weighted by molar-refractivity contribution is -0.129. The molecular weight excluding hydrogens is 552 g/mol. The van der Waals surface area contributed by atoms with E-state index < -0.39 is 0 Å². The highest BCUT2D eigenvalue weighted by molar-refractivity contribution is 7.99. The zero-order valence-corrected chi connectivity index (χ0v) is 24.1. The van der Waals surface area contributed by atoms with Gasteiger partial charge in [-0.25, -0.2) is 4.98 Å². The molecule has 0 aliphatic carbocycles. The monoisotopic (exact) mass is 580 g/mol. The van der Waals surface area contributed by atoms with Crippen molar-refractivity contribution in [2.24, 2.45) is 0 Å². The maximum Gasteiger partial charge on any atom is 0.267 e. The number of fused-ring (bicyclic) bond motifs is 3. The van der Waals surface area contributed by atoms with Gasteiger partial charge in [0.05, 0.1) is 44.7 Å². The van der Waals surface area contributed by atoms with Crippen molar-refractivity contribution in [3.05, 3.63) is 63.3 Å². The smallest absolute Gasteiger partial charge is 0.267 e. The molecule has 208 valence electrons. The van der Waals surface area contributed by atoms with E-state index in [1.54, 1.807) is 62.4 Å². The van der Waals surface area contributed by atoms with Crippen LogP contribution in [0.2, 0.25) is 0 Å². The van der Waals surface area contributed by atoms with E-state index in [9.17, 15) is 14.4 Å². The fraction of sp³-hybridized carbons (Fsp3) is 0.286. The van der Waals surface area contributed by atoms with E-state index in [4.69, 9.17) is 19.2 Å². The third-order valence-corrected chi connectivity index (χ3v) is 8.65. The van der Waals surface area contributed by atoms with E-state index in [1.165, 1.54) is 34.8 Å². The molecule has 2 amide bonds. The average Bonchev–Trinajstić information content (AvgIpc) is 3.34. The number of amides is 2. The number of nitrogens with zero attached hydrogens (tertiary/aromatic N) is 3. The first-order valence-electron chi connectivity index (χ1n) is 12.4. The second-order valence-corrected chi connectivity index (χ2v) is 11.0. The number of rotatable bonds is 8. The summed E-state index contributed by atoms with van der Waals surface area (Å²) < 4.78 is 17.5. The van der Waals surface area contributed by atoms with E-state index >= 15 is 0 Å². The van der Waals surface area contributed by atoms with Crippen LogP contribution in [0, 0.1) is 0 Å². The van der Waals surface area contributed by atoms with Gasteiger partial charge in [0.15, 0.2) is 16.7 Å². The highest BCUT2D eigenvalue weighted by Crippen LogP contribution is 2.35.